The average molecular weight is 390 g/mol. The van der Waals surface area contributed by atoms with Crippen molar-refractivity contribution in [2.75, 3.05) is 13.1 Å². The number of carboxylic acid groups (broad SMARTS) is 1. The fourth-order valence-electron chi connectivity index (χ4n) is 2.68. The summed E-state index contributed by atoms with van der Waals surface area (Å²) in [6.07, 6.45) is -0.560. The first-order valence-electron chi connectivity index (χ1n) is 7.17. The normalized spacial score (nSPS) is 25.8. The fourth-order valence-corrected chi connectivity index (χ4v) is 2.68. The second-order valence-corrected chi connectivity index (χ2v) is 6.07. The van der Waals surface area contributed by atoms with E-state index in [1.54, 1.807) is 0 Å². The van der Waals surface area contributed by atoms with E-state index in [0.717, 1.165) is 0 Å². The summed E-state index contributed by atoms with van der Waals surface area (Å²) in [4.78, 5) is 24.9. The van der Waals surface area contributed by atoms with Gasteiger partial charge in [0.25, 0.3) is 0 Å². The number of hydrogen-bond donors (Lipinski definition) is 6. The summed E-state index contributed by atoms with van der Waals surface area (Å²) in [5.41, 5.74) is 9.88. The largest absolute Gasteiger partial charge is 0.480 e. The number of carboxylic acids is 1. The third-order valence-corrected chi connectivity index (χ3v) is 3.98. The second kappa shape index (κ2) is 10.4. The predicted molar refractivity (Wildman–Crippen MR) is 93.0 cm³/mol. The first-order chi connectivity index (χ1) is 10.1. The van der Waals surface area contributed by atoms with Gasteiger partial charge in [-0.15, -0.1) is 24.8 Å². The number of aliphatic hydroxyl groups is 1. The van der Waals surface area contributed by atoms with Crippen LogP contribution in [0.3, 0.4) is 0 Å². The van der Waals surface area contributed by atoms with Crippen LogP contribution in [0.4, 0.5) is 0 Å². The first kappa shape index (κ1) is 25.6. The summed E-state index contributed by atoms with van der Waals surface area (Å²) < 4.78 is 0. The number of aliphatic hydroxyl groups excluding tert-OH is 1. The molecule has 1 fully saturated rings. The van der Waals surface area contributed by atoms with E-state index in [1.807, 2.05) is 0 Å². The highest BCUT2D eigenvalue weighted by Crippen LogP contribution is 2.28. The summed E-state index contributed by atoms with van der Waals surface area (Å²) in [7, 11) is -1.50. The van der Waals surface area contributed by atoms with Gasteiger partial charge in [0.1, 0.15) is 11.6 Å². The van der Waals surface area contributed by atoms with Gasteiger partial charge >= 0.3 is 13.1 Å². The van der Waals surface area contributed by atoms with Crippen molar-refractivity contribution in [3.05, 3.63) is 0 Å². The Hall–Kier alpha value is -0.615. The molecule has 0 aliphatic carbocycles. The molecule has 9 nitrogen and oxygen atoms in total. The Morgan fingerprint density at radius 2 is 1.92 bits per heavy atom. The van der Waals surface area contributed by atoms with Crippen molar-refractivity contribution in [2.45, 2.75) is 43.8 Å². The molecule has 4 atom stereocenters. The minimum absolute atomic E-state index is 0. The van der Waals surface area contributed by atoms with E-state index in [9.17, 15) is 19.8 Å². The van der Waals surface area contributed by atoms with Gasteiger partial charge in [0.05, 0.1) is 6.10 Å². The second-order valence-electron chi connectivity index (χ2n) is 6.07. The molecule has 8 N–H and O–H groups in total. The van der Waals surface area contributed by atoms with E-state index < -0.39 is 36.7 Å². The molecule has 0 radical (unpaired) electrons. The monoisotopic (exact) mass is 389 g/mol. The van der Waals surface area contributed by atoms with Crippen molar-refractivity contribution in [1.29, 1.82) is 0 Å². The molecule has 0 aromatic heterocycles. The number of aliphatic carboxylic acids is 1. The number of likely N-dealkylation sites (tertiary alicyclic amines) is 1. The summed E-state index contributed by atoms with van der Waals surface area (Å²) in [5.74, 6) is -2.09. The Labute approximate surface area is 153 Å². The van der Waals surface area contributed by atoms with Crippen LogP contribution in [0, 0.1) is 5.92 Å². The molecule has 1 aliphatic rings. The van der Waals surface area contributed by atoms with E-state index >= 15 is 0 Å². The van der Waals surface area contributed by atoms with Gasteiger partial charge in [0, 0.05) is 13.1 Å². The van der Waals surface area contributed by atoms with Crippen LogP contribution >= 0.6 is 24.8 Å². The van der Waals surface area contributed by atoms with E-state index in [2.05, 4.69) is 0 Å². The van der Waals surface area contributed by atoms with Crippen molar-refractivity contribution >= 4 is 43.8 Å². The molecule has 24 heavy (non-hydrogen) atoms. The van der Waals surface area contributed by atoms with Gasteiger partial charge in [0.2, 0.25) is 5.91 Å². The number of rotatable bonds is 6. The lowest BCUT2D eigenvalue weighted by Crippen LogP contribution is -2.65. The SMILES string of the molecule is CC(O)[C@H](N)C(=O)N1C[C@@H](CCB(O)O)C[C@](N)(C(=O)O)C1.Cl.Cl. The molecule has 1 amide bonds. The van der Waals surface area contributed by atoms with Gasteiger partial charge in [-0.25, -0.2) is 0 Å². The smallest absolute Gasteiger partial charge is 0.451 e. The van der Waals surface area contributed by atoms with Crippen molar-refractivity contribution in [3.63, 3.8) is 0 Å². The molecular formula is C12H26BCl2N3O6. The standard InChI is InChI=1S/C12H24BN3O6.2ClH/c1-7(17)9(14)10(18)16-5-8(2-3-13(21)22)4-12(15,6-16)11(19)20;;/h7-9,17,21-22H,2-6,14-15H2,1H3,(H,19,20);2*1H/t7?,8-,9-,12+;;/m0../s1. The molecule has 1 saturated heterocycles. The zero-order chi connectivity index (χ0) is 17.1. The minimum atomic E-state index is -1.61. The number of carbonyl (C=O) groups excluding carboxylic acids is 1. The van der Waals surface area contributed by atoms with E-state index in [-0.39, 0.29) is 56.6 Å². The molecule has 0 saturated carbocycles. The maximum absolute atomic E-state index is 12.2. The highest BCUT2D eigenvalue weighted by atomic mass is 35.5. The van der Waals surface area contributed by atoms with Crippen LogP contribution in [0.25, 0.3) is 0 Å². The van der Waals surface area contributed by atoms with Gasteiger partial charge in [-0.3, -0.25) is 9.59 Å². The molecule has 0 aromatic rings. The molecule has 1 unspecified atom stereocenters. The summed E-state index contributed by atoms with van der Waals surface area (Å²) >= 11 is 0. The molecule has 0 aromatic carbocycles. The molecular weight excluding hydrogens is 364 g/mol. The molecule has 0 bridgehead atoms. The number of nitrogens with two attached hydrogens (primary N) is 2. The van der Waals surface area contributed by atoms with Crippen molar-refractivity contribution in [1.82, 2.24) is 4.90 Å². The zero-order valence-electron chi connectivity index (χ0n) is 13.4. The molecule has 0 spiro atoms. The highest BCUT2D eigenvalue weighted by Gasteiger charge is 2.45. The lowest BCUT2D eigenvalue weighted by Gasteiger charge is -2.42. The number of amides is 1. The summed E-state index contributed by atoms with van der Waals surface area (Å²) in [6.45, 7) is 1.40. The lowest BCUT2D eigenvalue weighted by molar-refractivity contribution is -0.150. The number of nitrogens with zero attached hydrogens (tertiary/aromatic N) is 1. The third kappa shape index (κ3) is 6.71. The van der Waals surface area contributed by atoms with Crippen molar-refractivity contribution < 1.29 is 29.9 Å². The molecule has 1 rings (SSSR count). The topological polar surface area (TPSA) is 170 Å². The van der Waals surface area contributed by atoms with Crippen molar-refractivity contribution in [3.8, 4) is 0 Å². The quantitative estimate of drug-likeness (QED) is 0.284. The van der Waals surface area contributed by atoms with Crippen molar-refractivity contribution in [2.24, 2.45) is 17.4 Å². The van der Waals surface area contributed by atoms with Crippen LogP contribution < -0.4 is 11.5 Å². The fraction of sp³-hybridized carbons (Fsp3) is 0.833. The van der Waals surface area contributed by atoms with Crippen LogP contribution in [-0.2, 0) is 9.59 Å². The maximum Gasteiger partial charge on any atom is 0.451 e. The molecule has 142 valence electrons. The van der Waals surface area contributed by atoms with Gasteiger partial charge in [-0.1, -0.05) is 6.42 Å². The summed E-state index contributed by atoms with van der Waals surface area (Å²) in [6, 6.07) is -1.15. The van der Waals surface area contributed by atoms with Crippen LogP contribution in [0.1, 0.15) is 19.8 Å². The maximum atomic E-state index is 12.2. The Morgan fingerprint density at radius 3 is 2.33 bits per heavy atom. The Balaban J connectivity index is 0. The highest BCUT2D eigenvalue weighted by molar-refractivity contribution is 6.40. The first-order valence-corrected chi connectivity index (χ1v) is 7.17. The average Bonchev–Trinajstić information content (AvgIpc) is 2.42. The zero-order valence-corrected chi connectivity index (χ0v) is 15.0. The van der Waals surface area contributed by atoms with Gasteiger partial charge < -0.3 is 36.6 Å². The number of halogens is 2. The molecule has 12 heteroatoms. The Kier molecular flexibility index (Phi) is 11.1. The van der Waals surface area contributed by atoms with Crippen LogP contribution in [0.5, 0.6) is 0 Å². The number of piperidine rings is 1. The molecule has 1 aliphatic heterocycles. The third-order valence-electron chi connectivity index (χ3n) is 3.98. The van der Waals surface area contributed by atoms with E-state index in [0.29, 0.717) is 6.42 Å². The molecule has 1 heterocycles. The van der Waals surface area contributed by atoms with Gasteiger partial charge in [-0.05, 0) is 25.6 Å². The minimum Gasteiger partial charge on any atom is -0.480 e. The van der Waals surface area contributed by atoms with E-state index in [1.165, 1.54) is 11.8 Å². The van der Waals surface area contributed by atoms with Crippen LogP contribution in [0.2, 0.25) is 6.32 Å². The van der Waals surface area contributed by atoms with Gasteiger partial charge in [0.15, 0.2) is 0 Å². The number of hydrogen-bond acceptors (Lipinski definition) is 7. The summed E-state index contributed by atoms with van der Waals surface area (Å²) in [5, 5.41) is 36.6. The van der Waals surface area contributed by atoms with Crippen LogP contribution in [0.15, 0.2) is 0 Å². The number of carbonyl (C=O) groups is 2. The Morgan fingerprint density at radius 1 is 1.38 bits per heavy atom. The Bertz CT molecular complexity index is 432. The van der Waals surface area contributed by atoms with Gasteiger partial charge in [-0.2, -0.15) is 0 Å². The van der Waals surface area contributed by atoms with Crippen LogP contribution in [-0.4, -0.2) is 74.9 Å². The van der Waals surface area contributed by atoms with E-state index in [4.69, 9.17) is 21.5 Å². The lowest BCUT2D eigenvalue weighted by atomic mass is 9.75. The predicted octanol–water partition coefficient (Wildman–Crippen LogP) is -1.97.